The largest absolute Gasteiger partial charge is 0.463 e. The minimum absolute atomic E-state index is 0. The van der Waals surface area contributed by atoms with Crippen molar-refractivity contribution < 1.29 is 9.53 Å². The molecule has 0 spiro atoms. The number of carbonyl (C=O) groups excluding carboxylic acids is 1. The van der Waals surface area contributed by atoms with Gasteiger partial charge >= 0.3 is 5.97 Å². The lowest BCUT2D eigenvalue weighted by atomic mass is 10.1. The molecule has 0 aromatic carbocycles. The van der Waals surface area contributed by atoms with E-state index in [1.807, 2.05) is 13.8 Å². The van der Waals surface area contributed by atoms with E-state index in [2.05, 4.69) is 0 Å². The van der Waals surface area contributed by atoms with Crippen LogP contribution in [0.1, 0.15) is 46.0 Å². The van der Waals surface area contributed by atoms with E-state index >= 15 is 0 Å². The number of unbranched alkanes of at least 4 members (excludes halogenated alkanes) is 3. The summed E-state index contributed by atoms with van der Waals surface area (Å²) in [7, 11) is 0. The van der Waals surface area contributed by atoms with Crippen molar-refractivity contribution in [2.24, 2.45) is 5.73 Å². The topological polar surface area (TPSA) is 52.3 Å². The number of ether oxygens (including phenoxy) is 1. The number of nitrogens with two attached hydrogens (primary N) is 1. The van der Waals surface area contributed by atoms with Crippen LogP contribution in [0.3, 0.4) is 0 Å². The number of halogens is 2. The van der Waals surface area contributed by atoms with Gasteiger partial charge in [-0.3, -0.25) is 4.79 Å². The van der Waals surface area contributed by atoms with Crippen LogP contribution in [0.4, 0.5) is 0 Å². The van der Waals surface area contributed by atoms with Crippen LogP contribution < -0.4 is 5.73 Å². The van der Waals surface area contributed by atoms with Crippen LogP contribution in [-0.2, 0) is 9.53 Å². The average Bonchev–Trinajstić information content (AvgIpc) is 2.02. The van der Waals surface area contributed by atoms with E-state index in [-0.39, 0.29) is 36.9 Å². The Hall–Kier alpha value is 0.01000. The van der Waals surface area contributed by atoms with Gasteiger partial charge in [0.05, 0.1) is 6.10 Å². The average molecular weight is 260 g/mol. The molecule has 0 saturated heterocycles. The third kappa shape index (κ3) is 16.7. The molecule has 0 saturated carbocycles. The van der Waals surface area contributed by atoms with Crippen molar-refractivity contribution in [2.45, 2.75) is 52.1 Å². The minimum Gasteiger partial charge on any atom is -0.463 e. The lowest BCUT2D eigenvalue weighted by Gasteiger charge is -2.07. The van der Waals surface area contributed by atoms with Gasteiger partial charge in [-0.25, -0.2) is 0 Å². The van der Waals surface area contributed by atoms with Crippen molar-refractivity contribution in [3.8, 4) is 0 Å². The summed E-state index contributed by atoms with van der Waals surface area (Å²) < 4.78 is 4.99. The van der Waals surface area contributed by atoms with Crippen molar-refractivity contribution in [3.63, 3.8) is 0 Å². The molecule has 5 heteroatoms. The SMILES string of the molecule is CC(C)OC(=O)CCCCCCN.Cl.Cl. The van der Waals surface area contributed by atoms with Gasteiger partial charge in [-0.15, -0.1) is 24.8 Å². The Balaban J connectivity index is -0.000000720. The van der Waals surface area contributed by atoms with Gasteiger partial charge in [0.1, 0.15) is 0 Å². The highest BCUT2D eigenvalue weighted by molar-refractivity contribution is 5.85. The van der Waals surface area contributed by atoms with Crippen LogP contribution in [0.2, 0.25) is 0 Å². The van der Waals surface area contributed by atoms with E-state index in [1.165, 1.54) is 0 Å². The molecular weight excluding hydrogens is 237 g/mol. The number of hydrogen-bond acceptors (Lipinski definition) is 3. The maximum Gasteiger partial charge on any atom is 0.306 e. The van der Waals surface area contributed by atoms with E-state index in [1.54, 1.807) is 0 Å². The minimum atomic E-state index is -0.0808. The van der Waals surface area contributed by atoms with Gasteiger partial charge in [-0.2, -0.15) is 0 Å². The summed E-state index contributed by atoms with van der Waals surface area (Å²) in [6.45, 7) is 4.48. The monoisotopic (exact) mass is 259 g/mol. The first kappa shape index (κ1) is 20.4. The summed E-state index contributed by atoms with van der Waals surface area (Å²) in [5, 5.41) is 0. The van der Waals surface area contributed by atoms with Crippen LogP contribution in [0.15, 0.2) is 0 Å². The molecule has 0 heterocycles. The molecule has 0 rings (SSSR count). The smallest absolute Gasteiger partial charge is 0.306 e. The number of esters is 1. The van der Waals surface area contributed by atoms with Crippen molar-refractivity contribution in [3.05, 3.63) is 0 Å². The fourth-order valence-electron chi connectivity index (χ4n) is 1.09. The summed E-state index contributed by atoms with van der Waals surface area (Å²) in [4.78, 5) is 11.0. The number of rotatable bonds is 7. The van der Waals surface area contributed by atoms with Gasteiger partial charge < -0.3 is 10.5 Å². The predicted molar refractivity (Wildman–Crippen MR) is 67.9 cm³/mol. The zero-order chi connectivity index (χ0) is 10.1. The quantitative estimate of drug-likeness (QED) is 0.565. The Morgan fingerprint density at radius 2 is 1.67 bits per heavy atom. The first-order chi connectivity index (χ1) is 6.16. The maximum atomic E-state index is 11.0. The van der Waals surface area contributed by atoms with Crippen LogP contribution in [0, 0.1) is 0 Å². The summed E-state index contributed by atoms with van der Waals surface area (Å²) in [6, 6.07) is 0. The summed E-state index contributed by atoms with van der Waals surface area (Å²) in [5.74, 6) is -0.0808. The highest BCUT2D eigenvalue weighted by atomic mass is 35.5. The first-order valence-electron chi connectivity index (χ1n) is 5.06. The molecule has 15 heavy (non-hydrogen) atoms. The van der Waals surface area contributed by atoms with Crippen molar-refractivity contribution >= 4 is 30.8 Å². The Bertz CT molecular complexity index is 143. The molecule has 0 bridgehead atoms. The molecule has 0 aliphatic heterocycles. The molecular formula is C10H23Cl2NO2. The predicted octanol–water partition coefficient (Wildman–Crippen LogP) is 2.69. The fourth-order valence-corrected chi connectivity index (χ4v) is 1.09. The van der Waals surface area contributed by atoms with Crippen LogP contribution in [-0.4, -0.2) is 18.6 Å². The standard InChI is InChI=1S/C10H21NO2.2ClH/c1-9(2)13-10(12)7-5-3-4-6-8-11;;/h9H,3-8,11H2,1-2H3;2*1H. The lowest BCUT2D eigenvalue weighted by Crippen LogP contribution is -2.10. The van der Waals surface area contributed by atoms with Gasteiger partial charge in [-0.1, -0.05) is 12.8 Å². The zero-order valence-electron chi connectivity index (χ0n) is 9.53. The maximum absolute atomic E-state index is 11.0. The molecule has 3 nitrogen and oxygen atoms in total. The van der Waals surface area contributed by atoms with E-state index < -0.39 is 0 Å². The normalized spacial score (nSPS) is 9.07. The second kappa shape index (κ2) is 14.0. The Kier molecular flexibility index (Phi) is 19.1. The van der Waals surface area contributed by atoms with Gasteiger partial charge in [0.2, 0.25) is 0 Å². The Morgan fingerprint density at radius 3 is 2.13 bits per heavy atom. The van der Waals surface area contributed by atoms with Gasteiger partial charge in [0, 0.05) is 6.42 Å². The second-order valence-electron chi connectivity index (χ2n) is 3.49. The van der Waals surface area contributed by atoms with E-state index in [4.69, 9.17) is 10.5 Å². The van der Waals surface area contributed by atoms with E-state index in [0.717, 1.165) is 32.2 Å². The number of carbonyl (C=O) groups is 1. The molecule has 0 aromatic heterocycles. The van der Waals surface area contributed by atoms with Crippen LogP contribution in [0.5, 0.6) is 0 Å². The van der Waals surface area contributed by atoms with Gasteiger partial charge in [-0.05, 0) is 33.2 Å². The first-order valence-corrected chi connectivity index (χ1v) is 5.06. The molecule has 0 fully saturated rings. The fraction of sp³-hybridized carbons (Fsp3) is 0.900. The molecule has 0 aliphatic rings. The third-order valence-electron chi connectivity index (χ3n) is 1.70. The summed E-state index contributed by atoms with van der Waals surface area (Å²) in [5.41, 5.74) is 5.34. The molecule has 94 valence electrons. The van der Waals surface area contributed by atoms with Gasteiger partial charge in [0.25, 0.3) is 0 Å². The third-order valence-corrected chi connectivity index (χ3v) is 1.70. The van der Waals surface area contributed by atoms with Crippen LogP contribution >= 0.6 is 24.8 Å². The molecule has 0 unspecified atom stereocenters. The highest BCUT2D eigenvalue weighted by Crippen LogP contribution is 2.04. The molecule has 0 radical (unpaired) electrons. The molecule has 0 aliphatic carbocycles. The molecule has 0 aromatic rings. The Labute approximate surface area is 105 Å². The highest BCUT2D eigenvalue weighted by Gasteiger charge is 2.03. The van der Waals surface area contributed by atoms with E-state index in [0.29, 0.717) is 6.42 Å². The lowest BCUT2D eigenvalue weighted by molar-refractivity contribution is -0.147. The van der Waals surface area contributed by atoms with E-state index in [9.17, 15) is 4.79 Å². The van der Waals surface area contributed by atoms with Crippen LogP contribution in [0.25, 0.3) is 0 Å². The second-order valence-corrected chi connectivity index (χ2v) is 3.49. The Morgan fingerprint density at radius 1 is 1.13 bits per heavy atom. The summed E-state index contributed by atoms with van der Waals surface area (Å²) >= 11 is 0. The summed E-state index contributed by atoms with van der Waals surface area (Å²) in [6.07, 6.45) is 4.72. The number of hydrogen-bond donors (Lipinski definition) is 1. The van der Waals surface area contributed by atoms with Crippen molar-refractivity contribution in [1.82, 2.24) is 0 Å². The molecule has 0 amide bonds. The molecule has 0 atom stereocenters. The van der Waals surface area contributed by atoms with Crippen molar-refractivity contribution in [1.29, 1.82) is 0 Å². The van der Waals surface area contributed by atoms with Crippen molar-refractivity contribution in [2.75, 3.05) is 6.54 Å². The van der Waals surface area contributed by atoms with Gasteiger partial charge in [0.15, 0.2) is 0 Å². The molecule has 2 N–H and O–H groups in total. The zero-order valence-corrected chi connectivity index (χ0v) is 11.2.